The third-order valence-corrected chi connectivity index (χ3v) is 4.28. The van der Waals surface area contributed by atoms with Crippen LogP contribution >= 0.6 is 0 Å². The number of rotatable bonds is 1. The number of phenols is 2. The fourth-order valence-electron chi connectivity index (χ4n) is 3.33. The van der Waals surface area contributed by atoms with Crippen LogP contribution < -0.4 is 10.6 Å². The van der Waals surface area contributed by atoms with Gasteiger partial charge in [-0.05, 0) is 18.1 Å². The summed E-state index contributed by atoms with van der Waals surface area (Å²) < 4.78 is 1.52. The third-order valence-electron chi connectivity index (χ3n) is 4.28. The summed E-state index contributed by atoms with van der Waals surface area (Å²) in [6, 6.07) is 1.92. The van der Waals surface area contributed by atoms with E-state index in [0.29, 0.717) is 35.7 Å². The summed E-state index contributed by atoms with van der Waals surface area (Å²) in [5.41, 5.74) is 1.50. The Morgan fingerprint density at radius 1 is 1.27 bits per heavy atom. The maximum atomic E-state index is 12.0. The number of H-pyrrole nitrogens is 1. The van der Waals surface area contributed by atoms with E-state index in [4.69, 9.17) is 0 Å². The molecule has 1 aromatic heterocycles. The summed E-state index contributed by atoms with van der Waals surface area (Å²) in [5.74, 6) is -1.05. The van der Waals surface area contributed by atoms with Gasteiger partial charge in [0.2, 0.25) is 0 Å². The Morgan fingerprint density at radius 2 is 2.00 bits per heavy atom. The number of aliphatic carboxylic acids is 1. The molecule has 8 nitrogen and oxygen atoms in total. The van der Waals surface area contributed by atoms with Gasteiger partial charge in [0.15, 0.2) is 11.5 Å². The second-order valence-electron chi connectivity index (χ2n) is 5.54. The number of carboxylic acids is 1. The van der Waals surface area contributed by atoms with Crippen molar-refractivity contribution < 1.29 is 20.1 Å². The van der Waals surface area contributed by atoms with Crippen molar-refractivity contribution in [2.45, 2.75) is 25.4 Å². The number of phenolic OH excluding ortho intramolecular Hbond substituents is 2. The molecule has 0 aliphatic carbocycles. The van der Waals surface area contributed by atoms with Crippen LogP contribution in [0.25, 0.3) is 0 Å². The number of nitrogens with zero attached hydrogens (tertiary/aromatic N) is 2. The van der Waals surface area contributed by atoms with E-state index >= 15 is 0 Å². The maximum absolute atomic E-state index is 12.0. The molecule has 3 heterocycles. The molecule has 4 rings (SSSR count). The fourth-order valence-corrected chi connectivity index (χ4v) is 3.33. The lowest BCUT2D eigenvalue weighted by Gasteiger charge is -2.39. The third kappa shape index (κ3) is 1.51. The van der Waals surface area contributed by atoms with Gasteiger partial charge in [0.25, 0.3) is 0 Å². The number of aromatic nitrogens is 2. The Morgan fingerprint density at radius 3 is 2.73 bits per heavy atom. The first-order chi connectivity index (χ1) is 10.5. The first-order valence-electron chi connectivity index (χ1n) is 6.86. The van der Waals surface area contributed by atoms with Gasteiger partial charge >= 0.3 is 11.7 Å². The van der Waals surface area contributed by atoms with Crippen molar-refractivity contribution in [3.05, 3.63) is 33.9 Å². The van der Waals surface area contributed by atoms with Gasteiger partial charge in [0.1, 0.15) is 11.9 Å². The molecular formula is C14H13N3O5. The van der Waals surface area contributed by atoms with Gasteiger partial charge in [-0.1, -0.05) is 0 Å². The van der Waals surface area contributed by atoms with Gasteiger partial charge in [-0.25, -0.2) is 9.59 Å². The van der Waals surface area contributed by atoms with Gasteiger partial charge in [0, 0.05) is 19.0 Å². The number of imidazole rings is 1. The van der Waals surface area contributed by atoms with Crippen LogP contribution in [0.3, 0.4) is 0 Å². The van der Waals surface area contributed by atoms with Gasteiger partial charge in [0.05, 0.1) is 11.4 Å². The van der Waals surface area contributed by atoms with Crippen molar-refractivity contribution in [2.75, 3.05) is 4.90 Å². The number of benzene rings is 1. The molecule has 2 aliphatic rings. The lowest BCUT2D eigenvalue weighted by atomic mass is 9.97. The Hall–Kier alpha value is -2.90. The quantitative estimate of drug-likeness (QED) is 0.569. The topological polar surface area (TPSA) is 119 Å². The molecule has 2 aliphatic heterocycles. The van der Waals surface area contributed by atoms with Gasteiger partial charge in [-0.15, -0.1) is 0 Å². The molecule has 1 aromatic carbocycles. The highest BCUT2D eigenvalue weighted by Gasteiger charge is 2.40. The number of aromatic hydroxyl groups is 2. The highest BCUT2D eigenvalue weighted by atomic mass is 16.4. The normalized spacial score (nSPS) is 18.7. The lowest BCUT2D eigenvalue weighted by Crippen LogP contribution is -2.46. The van der Waals surface area contributed by atoms with Gasteiger partial charge in [-0.2, -0.15) is 0 Å². The summed E-state index contributed by atoms with van der Waals surface area (Å²) >= 11 is 0. The van der Waals surface area contributed by atoms with E-state index in [-0.39, 0.29) is 23.6 Å². The van der Waals surface area contributed by atoms with E-state index in [2.05, 4.69) is 4.98 Å². The minimum atomic E-state index is -0.994. The zero-order valence-electron chi connectivity index (χ0n) is 11.4. The van der Waals surface area contributed by atoms with Crippen LogP contribution in [0.5, 0.6) is 11.5 Å². The average molecular weight is 303 g/mol. The minimum absolute atomic E-state index is 0.270. The number of fused-ring (bicyclic) bond motifs is 2. The van der Waals surface area contributed by atoms with Crippen molar-refractivity contribution in [2.24, 2.45) is 0 Å². The SMILES string of the molecule is O=C(O)[C@@H]1CCn2c3c([nH]c2=O)Cc2cc(O)c(O)cc2N31. The second-order valence-corrected chi connectivity index (χ2v) is 5.54. The summed E-state index contributed by atoms with van der Waals surface area (Å²) in [5, 5.41) is 28.9. The predicted molar refractivity (Wildman–Crippen MR) is 75.8 cm³/mol. The van der Waals surface area contributed by atoms with Crippen molar-refractivity contribution >= 4 is 17.5 Å². The largest absolute Gasteiger partial charge is 0.504 e. The van der Waals surface area contributed by atoms with Crippen molar-refractivity contribution in [1.29, 1.82) is 0 Å². The predicted octanol–water partition coefficient (Wildman–Crippen LogP) is 0.487. The average Bonchev–Trinajstić information content (AvgIpc) is 2.78. The molecule has 4 N–H and O–H groups in total. The van der Waals surface area contributed by atoms with Gasteiger partial charge < -0.3 is 25.2 Å². The van der Waals surface area contributed by atoms with E-state index < -0.39 is 12.0 Å². The summed E-state index contributed by atoms with van der Waals surface area (Å²) in [6.07, 6.45) is 0.643. The van der Waals surface area contributed by atoms with Crippen LogP contribution in [0.1, 0.15) is 17.7 Å². The highest BCUT2D eigenvalue weighted by Crippen LogP contribution is 2.45. The molecule has 22 heavy (non-hydrogen) atoms. The van der Waals surface area contributed by atoms with Crippen molar-refractivity contribution in [3.63, 3.8) is 0 Å². The molecule has 1 atom stereocenters. The molecule has 2 aromatic rings. The molecule has 0 spiro atoms. The molecule has 114 valence electrons. The molecule has 0 unspecified atom stereocenters. The zero-order valence-corrected chi connectivity index (χ0v) is 11.4. The number of nitrogens with one attached hydrogen (secondary N) is 1. The van der Waals surface area contributed by atoms with Crippen LogP contribution in [0, 0.1) is 0 Å². The van der Waals surface area contributed by atoms with Crippen molar-refractivity contribution in [3.8, 4) is 11.5 Å². The number of carbonyl (C=O) groups is 1. The first-order valence-corrected chi connectivity index (χ1v) is 6.86. The van der Waals surface area contributed by atoms with E-state index in [9.17, 15) is 24.9 Å². The number of hydrogen-bond donors (Lipinski definition) is 4. The summed E-state index contributed by atoms with van der Waals surface area (Å²) in [7, 11) is 0. The Bertz CT molecular complexity index is 866. The van der Waals surface area contributed by atoms with E-state index in [1.807, 2.05) is 0 Å². The lowest BCUT2D eigenvalue weighted by molar-refractivity contribution is -0.138. The summed E-state index contributed by atoms with van der Waals surface area (Å²) in [6.45, 7) is 0.331. The van der Waals surface area contributed by atoms with Crippen LogP contribution in [-0.2, 0) is 17.8 Å². The number of anilines is 2. The smallest absolute Gasteiger partial charge is 0.327 e. The Balaban J connectivity index is 2.01. The van der Waals surface area contributed by atoms with Crippen LogP contribution in [0.15, 0.2) is 16.9 Å². The van der Waals surface area contributed by atoms with E-state index in [0.717, 1.165) is 0 Å². The van der Waals surface area contributed by atoms with Crippen molar-refractivity contribution in [1.82, 2.24) is 9.55 Å². The first kappa shape index (κ1) is 12.8. The number of aromatic amines is 1. The molecule has 0 radical (unpaired) electrons. The number of carboxylic acid groups (broad SMARTS) is 1. The molecule has 0 saturated heterocycles. The Labute approximate surface area is 123 Å². The van der Waals surface area contributed by atoms with Gasteiger partial charge in [-0.3, -0.25) is 4.57 Å². The standard InChI is InChI=1S/C14H13N3O5/c18-10-4-6-3-7-12-16(14(22)15-7)2-1-8(13(20)21)17(12)9(6)5-11(10)19/h4-5,8,18-19H,1-3H2,(H,15,22)(H,20,21)/t8-/m0/s1. The summed E-state index contributed by atoms with van der Waals surface area (Å²) in [4.78, 5) is 27.9. The van der Waals surface area contributed by atoms with E-state index in [1.165, 1.54) is 16.7 Å². The highest BCUT2D eigenvalue weighted by molar-refractivity contribution is 5.86. The molecule has 0 fully saturated rings. The fraction of sp³-hybridized carbons (Fsp3) is 0.286. The Kier molecular flexibility index (Phi) is 2.37. The zero-order chi connectivity index (χ0) is 15.6. The monoisotopic (exact) mass is 303 g/mol. The molecule has 0 amide bonds. The molecule has 8 heteroatoms. The number of hydrogen-bond acceptors (Lipinski definition) is 5. The molecule has 0 saturated carbocycles. The van der Waals surface area contributed by atoms with Crippen LogP contribution in [0.4, 0.5) is 11.5 Å². The van der Waals surface area contributed by atoms with Crippen LogP contribution in [0.2, 0.25) is 0 Å². The molecular weight excluding hydrogens is 290 g/mol. The second kappa shape index (κ2) is 4.06. The van der Waals surface area contributed by atoms with Crippen LogP contribution in [-0.4, -0.2) is 36.9 Å². The maximum Gasteiger partial charge on any atom is 0.327 e. The minimum Gasteiger partial charge on any atom is -0.504 e. The molecule has 0 bridgehead atoms. The van der Waals surface area contributed by atoms with E-state index in [1.54, 1.807) is 4.90 Å².